The van der Waals surface area contributed by atoms with E-state index < -0.39 is 23.4 Å². The monoisotopic (exact) mass is 450 g/mol. The summed E-state index contributed by atoms with van der Waals surface area (Å²) in [7, 11) is 0. The van der Waals surface area contributed by atoms with Crippen LogP contribution in [0.1, 0.15) is 63.2 Å². The van der Waals surface area contributed by atoms with Crippen molar-refractivity contribution in [2.45, 2.75) is 64.6 Å². The van der Waals surface area contributed by atoms with Gasteiger partial charge in [0.15, 0.2) is 0 Å². The lowest BCUT2D eigenvalue weighted by atomic mass is 9.92. The van der Waals surface area contributed by atoms with Gasteiger partial charge in [-0.25, -0.2) is 9.18 Å². The van der Waals surface area contributed by atoms with E-state index in [1.54, 1.807) is 11.0 Å². The summed E-state index contributed by atoms with van der Waals surface area (Å²) >= 11 is 0. The maximum Gasteiger partial charge on any atom is 0.410 e. The van der Waals surface area contributed by atoms with E-state index in [4.69, 9.17) is 9.47 Å². The Morgan fingerprint density at radius 2 is 1.81 bits per heavy atom. The zero-order valence-corrected chi connectivity index (χ0v) is 19.3. The summed E-state index contributed by atoms with van der Waals surface area (Å²) in [4.78, 5) is 27.8. The molecule has 1 aromatic carbocycles. The zero-order valence-electron chi connectivity index (χ0n) is 19.3. The van der Waals surface area contributed by atoms with Crippen LogP contribution in [0.25, 0.3) is 0 Å². The first kappa shape index (κ1) is 24.3. The molecule has 0 aliphatic carbocycles. The Morgan fingerprint density at radius 3 is 2.41 bits per heavy atom. The van der Waals surface area contributed by atoms with Crippen molar-refractivity contribution in [3.05, 3.63) is 29.6 Å². The molecular formula is C24H35FN2O5. The third-order valence-electron chi connectivity index (χ3n) is 5.91. The Bertz CT molecular complexity index is 802. The summed E-state index contributed by atoms with van der Waals surface area (Å²) in [5.74, 6) is -0.0724. The number of carbonyl (C=O) groups excluding carboxylic acids is 2. The molecule has 1 aromatic rings. The van der Waals surface area contributed by atoms with Crippen LogP contribution in [-0.4, -0.2) is 71.4 Å². The maximum atomic E-state index is 14.4. The SMILES string of the molecule is CC(C)(C)OC(=O)N1CCC(CCCOc2ccc(C(=O)N3CCC(O)C3)c(F)c2)CC1. The molecule has 3 rings (SSSR count). The number of hydrogen-bond donors (Lipinski definition) is 1. The van der Waals surface area contributed by atoms with Crippen LogP contribution < -0.4 is 4.74 Å². The van der Waals surface area contributed by atoms with Gasteiger partial charge in [-0.15, -0.1) is 0 Å². The first-order valence-corrected chi connectivity index (χ1v) is 11.5. The van der Waals surface area contributed by atoms with Gasteiger partial charge in [0.25, 0.3) is 5.91 Å². The van der Waals surface area contributed by atoms with Crippen LogP contribution in [0.5, 0.6) is 5.75 Å². The van der Waals surface area contributed by atoms with E-state index in [1.807, 2.05) is 20.8 Å². The van der Waals surface area contributed by atoms with Crippen LogP contribution in [-0.2, 0) is 4.74 Å². The minimum absolute atomic E-state index is 0.00296. The molecule has 0 bridgehead atoms. The molecule has 32 heavy (non-hydrogen) atoms. The number of amides is 2. The summed E-state index contributed by atoms with van der Waals surface area (Å²) in [6.07, 6.45) is 3.45. The normalized spacial score (nSPS) is 19.8. The van der Waals surface area contributed by atoms with E-state index >= 15 is 0 Å². The number of aliphatic hydroxyl groups is 1. The number of benzene rings is 1. The van der Waals surface area contributed by atoms with Crippen LogP contribution in [0.4, 0.5) is 9.18 Å². The molecule has 8 heteroatoms. The van der Waals surface area contributed by atoms with Crippen molar-refractivity contribution in [2.75, 3.05) is 32.8 Å². The highest BCUT2D eigenvalue weighted by Gasteiger charge is 2.28. The van der Waals surface area contributed by atoms with Gasteiger partial charge in [0, 0.05) is 32.2 Å². The van der Waals surface area contributed by atoms with Gasteiger partial charge in [-0.05, 0) is 70.9 Å². The molecule has 178 valence electrons. The summed E-state index contributed by atoms with van der Waals surface area (Å²) < 4.78 is 25.5. The number of likely N-dealkylation sites (tertiary alicyclic amines) is 2. The molecule has 7 nitrogen and oxygen atoms in total. The van der Waals surface area contributed by atoms with Gasteiger partial charge in [-0.1, -0.05) is 0 Å². The van der Waals surface area contributed by atoms with E-state index in [0.717, 1.165) is 25.7 Å². The number of ether oxygens (including phenoxy) is 2. The summed E-state index contributed by atoms with van der Waals surface area (Å²) in [5, 5.41) is 9.57. The van der Waals surface area contributed by atoms with Crippen molar-refractivity contribution in [2.24, 2.45) is 5.92 Å². The predicted molar refractivity (Wildman–Crippen MR) is 118 cm³/mol. The largest absolute Gasteiger partial charge is 0.493 e. The minimum atomic E-state index is -0.608. The van der Waals surface area contributed by atoms with Crippen LogP contribution in [0.3, 0.4) is 0 Å². The predicted octanol–water partition coefficient (Wildman–Crippen LogP) is 3.84. The molecule has 2 fully saturated rings. The maximum absolute atomic E-state index is 14.4. The highest BCUT2D eigenvalue weighted by atomic mass is 19.1. The average Bonchev–Trinajstić information content (AvgIpc) is 3.16. The van der Waals surface area contributed by atoms with Crippen molar-refractivity contribution in [3.63, 3.8) is 0 Å². The van der Waals surface area contributed by atoms with Gasteiger partial charge in [-0.3, -0.25) is 4.79 Å². The number of piperidine rings is 1. The van der Waals surface area contributed by atoms with E-state index in [9.17, 15) is 19.1 Å². The summed E-state index contributed by atoms with van der Waals surface area (Å²) in [6.45, 7) is 8.17. The Balaban J connectivity index is 1.37. The van der Waals surface area contributed by atoms with Crippen molar-refractivity contribution in [1.82, 2.24) is 9.80 Å². The Labute approximate surface area is 189 Å². The molecule has 0 radical (unpaired) electrons. The Hall–Kier alpha value is -2.35. The number of aliphatic hydroxyl groups excluding tert-OH is 1. The van der Waals surface area contributed by atoms with Gasteiger partial charge in [-0.2, -0.15) is 0 Å². The van der Waals surface area contributed by atoms with Crippen molar-refractivity contribution < 1.29 is 28.6 Å². The molecule has 0 spiro atoms. The van der Waals surface area contributed by atoms with E-state index in [-0.39, 0.29) is 18.2 Å². The third-order valence-corrected chi connectivity index (χ3v) is 5.91. The smallest absolute Gasteiger partial charge is 0.410 e. The van der Waals surface area contributed by atoms with Crippen LogP contribution in [0, 0.1) is 11.7 Å². The van der Waals surface area contributed by atoms with Gasteiger partial charge in [0.2, 0.25) is 0 Å². The second-order valence-electron chi connectivity index (χ2n) is 9.74. The number of carbonyl (C=O) groups is 2. The molecule has 0 saturated carbocycles. The van der Waals surface area contributed by atoms with Gasteiger partial charge in [0.1, 0.15) is 17.2 Å². The average molecular weight is 451 g/mol. The molecule has 2 aliphatic heterocycles. The number of halogens is 1. The number of nitrogens with zero attached hydrogens (tertiary/aromatic N) is 2. The quantitative estimate of drug-likeness (QED) is 0.667. The van der Waals surface area contributed by atoms with E-state index in [0.29, 0.717) is 44.3 Å². The molecule has 1 N–H and O–H groups in total. The lowest BCUT2D eigenvalue weighted by molar-refractivity contribution is 0.0179. The fourth-order valence-electron chi connectivity index (χ4n) is 4.15. The van der Waals surface area contributed by atoms with Crippen LogP contribution in [0.2, 0.25) is 0 Å². The molecule has 2 aliphatic rings. The Kier molecular flexibility index (Phi) is 7.98. The highest BCUT2D eigenvalue weighted by molar-refractivity contribution is 5.94. The second kappa shape index (κ2) is 10.5. The van der Waals surface area contributed by atoms with Crippen molar-refractivity contribution >= 4 is 12.0 Å². The topological polar surface area (TPSA) is 79.3 Å². The van der Waals surface area contributed by atoms with Gasteiger partial charge < -0.3 is 24.4 Å². The lowest BCUT2D eigenvalue weighted by Gasteiger charge is -2.33. The fraction of sp³-hybridized carbons (Fsp3) is 0.667. The van der Waals surface area contributed by atoms with E-state index in [2.05, 4.69) is 0 Å². The second-order valence-corrected chi connectivity index (χ2v) is 9.74. The number of rotatable bonds is 6. The van der Waals surface area contributed by atoms with Crippen molar-refractivity contribution in [3.8, 4) is 5.75 Å². The first-order chi connectivity index (χ1) is 15.1. The fourth-order valence-corrected chi connectivity index (χ4v) is 4.15. The first-order valence-electron chi connectivity index (χ1n) is 11.5. The number of β-amino-alcohol motifs (C(OH)–C–C–N with tert-alkyl or cyclic N) is 1. The standard InChI is InChI=1S/C24H35FN2O5/c1-24(2,3)32-23(30)26-11-8-17(9-12-26)5-4-14-31-19-6-7-20(21(25)15-19)22(29)27-13-10-18(28)16-27/h6-7,15,17-18,28H,4-5,8-14,16H2,1-3H3. The highest BCUT2D eigenvalue weighted by Crippen LogP contribution is 2.24. The van der Waals surface area contributed by atoms with Gasteiger partial charge >= 0.3 is 6.09 Å². The number of hydrogen-bond acceptors (Lipinski definition) is 5. The van der Waals surface area contributed by atoms with Crippen LogP contribution in [0.15, 0.2) is 18.2 Å². The zero-order chi connectivity index (χ0) is 23.3. The third kappa shape index (κ3) is 6.82. The summed E-state index contributed by atoms with van der Waals surface area (Å²) in [6, 6.07) is 4.31. The molecule has 1 atom stereocenters. The van der Waals surface area contributed by atoms with E-state index in [1.165, 1.54) is 17.0 Å². The molecular weight excluding hydrogens is 415 g/mol. The van der Waals surface area contributed by atoms with Gasteiger partial charge in [0.05, 0.1) is 18.3 Å². The lowest BCUT2D eigenvalue weighted by Crippen LogP contribution is -2.41. The molecule has 2 amide bonds. The minimum Gasteiger partial charge on any atom is -0.493 e. The molecule has 2 heterocycles. The molecule has 1 unspecified atom stereocenters. The van der Waals surface area contributed by atoms with Crippen LogP contribution >= 0.6 is 0 Å². The Morgan fingerprint density at radius 1 is 1.12 bits per heavy atom. The molecule has 0 aromatic heterocycles. The molecule has 2 saturated heterocycles. The summed E-state index contributed by atoms with van der Waals surface area (Å²) in [5.41, 5.74) is -0.476. The van der Waals surface area contributed by atoms with Crippen molar-refractivity contribution in [1.29, 1.82) is 0 Å².